The third-order valence-electron chi connectivity index (χ3n) is 5.13. The SMILES string of the molecule is C=CCON1C(=O)N2C[C@@H]1c1scnc1[C@H]2c1nccn1COCC[Si](C)(C)C. The van der Waals surface area contributed by atoms with Gasteiger partial charge >= 0.3 is 6.03 Å². The molecule has 4 rings (SSSR count). The summed E-state index contributed by atoms with van der Waals surface area (Å²) in [4.78, 5) is 30.7. The van der Waals surface area contributed by atoms with Crippen LogP contribution in [-0.2, 0) is 16.3 Å². The summed E-state index contributed by atoms with van der Waals surface area (Å²) >= 11 is 1.55. The van der Waals surface area contributed by atoms with Gasteiger partial charge < -0.3 is 14.2 Å². The van der Waals surface area contributed by atoms with Crippen molar-refractivity contribution >= 4 is 25.4 Å². The quantitative estimate of drug-likeness (QED) is 0.343. The minimum Gasteiger partial charge on any atom is -0.361 e. The van der Waals surface area contributed by atoms with E-state index >= 15 is 0 Å². The van der Waals surface area contributed by atoms with Crippen LogP contribution in [0.5, 0.6) is 0 Å². The molecule has 2 aliphatic rings. The molecule has 2 bridgehead atoms. The number of rotatable bonds is 9. The van der Waals surface area contributed by atoms with E-state index in [1.54, 1.807) is 28.5 Å². The third kappa shape index (κ3) is 3.89. The van der Waals surface area contributed by atoms with Gasteiger partial charge in [0.1, 0.15) is 24.6 Å². The zero-order valence-corrected chi connectivity index (χ0v) is 18.9. The Morgan fingerprint density at radius 2 is 2.21 bits per heavy atom. The molecule has 0 spiro atoms. The first-order valence-electron chi connectivity index (χ1n) is 9.76. The molecular weight excluding hydrogens is 406 g/mol. The fraction of sp³-hybridized carbons (Fsp3) is 0.526. The average Bonchev–Trinajstić information content (AvgIpc) is 3.38. The van der Waals surface area contributed by atoms with Crippen LogP contribution in [0.1, 0.15) is 28.5 Å². The average molecular weight is 434 g/mol. The van der Waals surface area contributed by atoms with Crippen molar-refractivity contribution in [2.75, 3.05) is 19.8 Å². The first-order valence-corrected chi connectivity index (χ1v) is 14.3. The normalized spacial score (nSPS) is 21.0. The van der Waals surface area contributed by atoms with E-state index in [0.29, 0.717) is 13.3 Å². The molecule has 156 valence electrons. The Bertz CT molecular complexity index is 893. The Morgan fingerprint density at radius 1 is 1.38 bits per heavy atom. The fourth-order valence-electron chi connectivity index (χ4n) is 3.63. The van der Waals surface area contributed by atoms with Crippen molar-refractivity contribution in [1.82, 2.24) is 24.5 Å². The summed E-state index contributed by atoms with van der Waals surface area (Å²) in [6, 6.07) is 0.463. The van der Waals surface area contributed by atoms with Crippen molar-refractivity contribution in [3.63, 3.8) is 0 Å². The molecule has 0 N–H and O–H groups in total. The topological polar surface area (TPSA) is 72.7 Å². The monoisotopic (exact) mass is 433 g/mol. The number of carbonyl (C=O) groups is 1. The van der Waals surface area contributed by atoms with Crippen LogP contribution in [0, 0.1) is 0 Å². The largest absolute Gasteiger partial charge is 0.361 e. The lowest BCUT2D eigenvalue weighted by Gasteiger charge is -2.29. The zero-order chi connectivity index (χ0) is 20.6. The minimum atomic E-state index is -1.14. The fourth-order valence-corrected chi connectivity index (χ4v) is 5.28. The lowest BCUT2D eigenvalue weighted by molar-refractivity contribution is -0.118. The summed E-state index contributed by atoms with van der Waals surface area (Å²) in [5.74, 6) is 0.766. The second kappa shape index (κ2) is 8.02. The highest BCUT2D eigenvalue weighted by molar-refractivity contribution is 7.09. The number of hydroxylamine groups is 2. The van der Waals surface area contributed by atoms with Gasteiger partial charge in [0.15, 0.2) is 0 Å². The third-order valence-corrected chi connectivity index (χ3v) is 7.78. The van der Waals surface area contributed by atoms with Gasteiger partial charge in [-0.3, -0.25) is 4.84 Å². The first kappa shape index (κ1) is 20.3. The first-order chi connectivity index (χ1) is 13.9. The van der Waals surface area contributed by atoms with Crippen molar-refractivity contribution in [2.24, 2.45) is 0 Å². The van der Waals surface area contributed by atoms with E-state index in [1.165, 1.54) is 5.06 Å². The van der Waals surface area contributed by atoms with Crippen molar-refractivity contribution in [2.45, 2.75) is 44.5 Å². The molecule has 4 heterocycles. The van der Waals surface area contributed by atoms with Gasteiger partial charge in [-0.25, -0.2) is 14.8 Å². The predicted octanol–water partition coefficient (Wildman–Crippen LogP) is 3.65. The van der Waals surface area contributed by atoms with Gasteiger partial charge in [-0.05, 0) is 6.04 Å². The second-order valence-corrected chi connectivity index (χ2v) is 15.0. The molecule has 10 heteroatoms. The Kier molecular flexibility index (Phi) is 5.60. The molecule has 2 aromatic rings. The number of carbonyl (C=O) groups excluding carboxylic acids is 1. The molecular formula is C19H27N5O3SSi. The van der Waals surface area contributed by atoms with Gasteiger partial charge in [-0.1, -0.05) is 25.7 Å². The molecule has 2 atom stereocenters. The summed E-state index contributed by atoms with van der Waals surface area (Å²) < 4.78 is 7.90. The lowest BCUT2D eigenvalue weighted by atomic mass is 10.0. The van der Waals surface area contributed by atoms with Gasteiger partial charge in [0.2, 0.25) is 0 Å². The summed E-state index contributed by atoms with van der Waals surface area (Å²) in [6.07, 6.45) is 5.29. The number of hydrogen-bond acceptors (Lipinski definition) is 6. The number of imidazole rings is 1. The van der Waals surface area contributed by atoms with Crippen molar-refractivity contribution in [3.8, 4) is 0 Å². The molecule has 0 aliphatic carbocycles. The standard InChI is InChI=1S/C19H27N5O3SSi/c1-5-8-27-24-14-11-23(19(24)25)16(15-17(14)28-12-21-15)18-20-6-7-22(18)13-26-9-10-29(2,3)4/h5-7,12,14,16H,1,8-11,13H2,2-4H3/t14-,16+/m1/s1. The van der Waals surface area contributed by atoms with Gasteiger partial charge in [-0.15, -0.1) is 17.9 Å². The van der Waals surface area contributed by atoms with Gasteiger partial charge in [0.05, 0.1) is 29.2 Å². The van der Waals surface area contributed by atoms with Crippen LogP contribution in [-0.4, -0.2) is 58.4 Å². The van der Waals surface area contributed by atoms with Gasteiger partial charge in [0, 0.05) is 27.1 Å². The highest BCUT2D eigenvalue weighted by Crippen LogP contribution is 2.47. The maximum absolute atomic E-state index is 13.1. The number of nitrogens with zero attached hydrogens (tertiary/aromatic N) is 5. The van der Waals surface area contributed by atoms with Crippen LogP contribution in [0.2, 0.25) is 25.7 Å². The molecule has 0 radical (unpaired) electrons. The minimum absolute atomic E-state index is 0.141. The lowest BCUT2D eigenvalue weighted by Crippen LogP contribution is -2.36. The smallest absolute Gasteiger partial charge is 0.345 e. The summed E-state index contributed by atoms with van der Waals surface area (Å²) in [7, 11) is -1.14. The predicted molar refractivity (Wildman–Crippen MR) is 113 cm³/mol. The van der Waals surface area contributed by atoms with Gasteiger partial charge in [0.25, 0.3) is 0 Å². The highest BCUT2D eigenvalue weighted by Gasteiger charge is 2.51. The van der Waals surface area contributed by atoms with Crippen LogP contribution < -0.4 is 0 Å². The van der Waals surface area contributed by atoms with E-state index < -0.39 is 8.07 Å². The van der Waals surface area contributed by atoms with Crippen molar-refractivity contribution < 1.29 is 14.4 Å². The summed E-state index contributed by atoms with van der Waals surface area (Å²) in [6.45, 7) is 12.7. The molecule has 0 saturated carbocycles. The number of fused-ring (bicyclic) bond motifs is 4. The molecule has 1 saturated heterocycles. The van der Waals surface area contributed by atoms with E-state index in [4.69, 9.17) is 9.57 Å². The number of ether oxygens (including phenoxy) is 1. The summed E-state index contributed by atoms with van der Waals surface area (Å²) in [5.41, 5.74) is 2.70. The van der Waals surface area contributed by atoms with E-state index in [-0.39, 0.29) is 24.7 Å². The van der Waals surface area contributed by atoms with E-state index in [9.17, 15) is 4.79 Å². The van der Waals surface area contributed by atoms with E-state index in [1.807, 2.05) is 16.3 Å². The molecule has 2 aromatic heterocycles. The number of hydrogen-bond donors (Lipinski definition) is 0. The van der Waals surface area contributed by atoms with Crippen LogP contribution in [0.15, 0.2) is 30.6 Å². The molecule has 0 aromatic carbocycles. The maximum Gasteiger partial charge on any atom is 0.345 e. The van der Waals surface area contributed by atoms with E-state index in [0.717, 1.165) is 29.0 Å². The Labute approximate surface area is 175 Å². The highest BCUT2D eigenvalue weighted by atomic mass is 32.1. The van der Waals surface area contributed by atoms with E-state index in [2.05, 4.69) is 36.2 Å². The number of aromatic nitrogens is 3. The Balaban J connectivity index is 1.57. The number of urea groups is 1. The number of amides is 2. The summed E-state index contributed by atoms with van der Waals surface area (Å²) in [5, 5.41) is 1.45. The number of thiazole rings is 1. The van der Waals surface area contributed by atoms with Crippen LogP contribution in [0.25, 0.3) is 0 Å². The Hall–Kier alpha value is -2.01. The van der Waals surface area contributed by atoms with Crippen molar-refractivity contribution in [3.05, 3.63) is 47.0 Å². The van der Waals surface area contributed by atoms with Crippen LogP contribution >= 0.6 is 11.3 Å². The van der Waals surface area contributed by atoms with Crippen molar-refractivity contribution in [1.29, 1.82) is 0 Å². The molecule has 0 unspecified atom stereocenters. The second-order valence-electron chi connectivity index (χ2n) is 8.47. The molecule has 29 heavy (non-hydrogen) atoms. The molecule has 2 aliphatic heterocycles. The molecule has 2 amide bonds. The van der Waals surface area contributed by atoms with Gasteiger partial charge in [-0.2, -0.15) is 5.06 Å². The van der Waals surface area contributed by atoms with Crippen LogP contribution in [0.3, 0.4) is 0 Å². The zero-order valence-electron chi connectivity index (χ0n) is 17.1. The molecule has 1 fully saturated rings. The molecule has 8 nitrogen and oxygen atoms in total. The maximum atomic E-state index is 13.1. The van der Waals surface area contributed by atoms with Crippen LogP contribution in [0.4, 0.5) is 4.79 Å². The Morgan fingerprint density at radius 3 is 2.97 bits per heavy atom.